The number of aromatic nitrogens is 2. The Morgan fingerprint density at radius 1 is 1.11 bits per heavy atom. The maximum atomic E-state index is 11.4. The zero-order valence-corrected chi connectivity index (χ0v) is 17.8. The summed E-state index contributed by atoms with van der Waals surface area (Å²) in [6.07, 6.45) is 7.36. The normalized spacial score (nSPS) is 11.4. The van der Waals surface area contributed by atoms with Gasteiger partial charge >= 0.3 is 0 Å². The molecule has 3 aromatic rings. The molecule has 1 N–H and O–H groups in total. The van der Waals surface area contributed by atoms with Crippen molar-refractivity contribution in [2.45, 2.75) is 39.2 Å². The number of amides is 1. The number of hydrogen-bond donors (Lipinski definition) is 1. The first-order chi connectivity index (χ1) is 13.7. The van der Waals surface area contributed by atoms with E-state index in [-0.39, 0.29) is 5.91 Å². The second-order valence-corrected chi connectivity index (χ2v) is 7.75. The number of hydrogen-bond acceptors (Lipinski definition) is 2. The van der Waals surface area contributed by atoms with Crippen molar-refractivity contribution in [1.82, 2.24) is 14.9 Å². The minimum absolute atomic E-state index is 0.0150. The number of carbonyl (C=O) groups is 1. The molecular formula is C23H26BrN3O. The lowest BCUT2D eigenvalue weighted by atomic mass is 10.1. The molecule has 0 aliphatic rings. The fourth-order valence-corrected chi connectivity index (χ4v) is 3.54. The van der Waals surface area contributed by atoms with Gasteiger partial charge < -0.3 is 9.88 Å². The number of allylic oxidation sites excluding steroid dienone is 1. The van der Waals surface area contributed by atoms with E-state index < -0.39 is 0 Å². The first kappa shape index (κ1) is 20.3. The summed E-state index contributed by atoms with van der Waals surface area (Å²) in [7, 11) is 0. The molecule has 0 fully saturated rings. The predicted octanol–water partition coefficient (Wildman–Crippen LogP) is 5.25. The van der Waals surface area contributed by atoms with Crippen LogP contribution in [0.15, 0.2) is 65.2 Å². The van der Waals surface area contributed by atoms with Gasteiger partial charge in [-0.3, -0.25) is 4.79 Å². The molecule has 2 aromatic carbocycles. The first-order valence-electron chi connectivity index (χ1n) is 9.76. The van der Waals surface area contributed by atoms with Crippen LogP contribution in [0.25, 0.3) is 11.0 Å². The lowest BCUT2D eigenvalue weighted by Gasteiger charge is -2.10. The monoisotopic (exact) mass is 439 g/mol. The molecular weight excluding hydrogens is 414 g/mol. The van der Waals surface area contributed by atoms with E-state index in [9.17, 15) is 4.79 Å². The lowest BCUT2D eigenvalue weighted by Crippen LogP contribution is -2.21. The maximum Gasteiger partial charge on any atom is 0.243 e. The third-order valence-corrected chi connectivity index (χ3v) is 5.21. The number of fused-ring (bicyclic) bond motifs is 1. The van der Waals surface area contributed by atoms with E-state index in [2.05, 4.69) is 68.3 Å². The van der Waals surface area contributed by atoms with Crippen molar-refractivity contribution in [2.24, 2.45) is 0 Å². The zero-order chi connectivity index (χ0) is 19.8. The fourth-order valence-electron chi connectivity index (χ4n) is 3.27. The number of rotatable bonds is 9. The van der Waals surface area contributed by atoms with Crippen LogP contribution >= 0.6 is 15.9 Å². The highest BCUT2D eigenvalue weighted by molar-refractivity contribution is 9.10. The molecule has 0 saturated carbocycles. The summed E-state index contributed by atoms with van der Waals surface area (Å²) in [5.41, 5.74) is 3.49. The molecule has 28 heavy (non-hydrogen) atoms. The topological polar surface area (TPSA) is 46.9 Å². The van der Waals surface area contributed by atoms with Crippen LogP contribution in [0.1, 0.15) is 37.6 Å². The Bertz CT molecular complexity index is 944. The first-order valence-corrected chi connectivity index (χ1v) is 10.6. The van der Waals surface area contributed by atoms with Crippen molar-refractivity contribution in [3.05, 3.63) is 76.5 Å². The standard InChI is InChI=1S/C23H26BrN3O/c1-2-8-23(28)25-16-7-3-4-11-22-26-20-9-5-6-10-21(20)27(22)17-18-12-14-19(24)15-13-18/h2,5-6,8-10,12-15H,3-4,7,11,16-17H2,1H3,(H,25,28)/b8-2+. The van der Waals surface area contributed by atoms with Crippen LogP contribution in [0.3, 0.4) is 0 Å². The van der Waals surface area contributed by atoms with E-state index in [0.717, 1.165) is 54.6 Å². The molecule has 0 aliphatic heterocycles. The van der Waals surface area contributed by atoms with Crippen LogP contribution in [0, 0.1) is 0 Å². The van der Waals surface area contributed by atoms with Gasteiger partial charge in [0.25, 0.3) is 0 Å². The molecule has 1 amide bonds. The number of unbranched alkanes of at least 4 members (excludes halogenated alkanes) is 2. The van der Waals surface area contributed by atoms with Crippen molar-refractivity contribution in [2.75, 3.05) is 6.54 Å². The number of nitrogens with zero attached hydrogens (tertiary/aromatic N) is 2. The molecule has 0 radical (unpaired) electrons. The summed E-state index contributed by atoms with van der Waals surface area (Å²) in [4.78, 5) is 16.3. The fraction of sp³-hybridized carbons (Fsp3) is 0.304. The van der Waals surface area contributed by atoms with Crippen LogP contribution in [0.5, 0.6) is 0 Å². The zero-order valence-electron chi connectivity index (χ0n) is 16.2. The van der Waals surface area contributed by atoms with Gasteiger partial charge in [0.1, 0.15) is 5.82 Å². The smallest absolute Gasteiger partial charge is 0.243 e. The Labute approximate surface area is 174 Å². The molecule has 4 nitrogen and oxygen atoms in total. The van der Waals surface area contributed by atoms with Crippen LogP contribution in [0.4, 0.5) is 0 Å². The summed E-state index contributed by atoms with van der Waals surface area (Å²) < 4.78 is 3.42. The number of benzene rings is 2. The van der Waals surface area contributed by atoms with E-state index in [1.165, 1.54) is 11.1 Å². The third-order valence-electron chi connectivity index (χ3n) is 4.68. The number of halogens is 1. The van der Waals surface area contributed by atoms with E-state index >= 15 is 0 Å². The average molecular weight is 440 g/mol. The highest BCUT2D eigenvalue weighted by Gasteiger charge is 2.10. The molecule has 1 heterocycles. The highest BCUT2D eigenvalue weighted by Crippen LogP contribution is 2.20. The molecule has 0 atom stereocenters. The van der Waals surface area contributed by atoms with Gasteiger partial charge in [-0.2, -0.15) is 0 Å². The minimum Gasteiger partial charge on any atom is -0.353 e. The van der Waals surface area contributed by atoms with Crippen molar-refractivity contribution in [1.29, 1.82) is 0 Å². The summed E-state index contributed by atoms with van der Waals surface area (Å²) in [5, 5.41) is 2.90. The summed E-state index contributed by atoms with van der Waals surface area (Å²) >= 11 is 3.50. The number of carbonyl (C=O) groups excluding carboxylic acids is 1. The van der Waals surface area contributed by atoms with Gasteiger partial charge in [-0.1, -0.05) is 52.7 Å². The maximum absolute atomic E-state index is 11.4. The van der Waals surface area contributed by atoms with Crippen LogP contribution in [0.2, 0.25) is 0 Å². The number of imidazole rings is 1. The van der Waals surface area contributed by atoms with Gasteiger partial charge in [0, 0.05) is 24.0 Å². The lowest BCUT2D eigenvalue weighted by molar-refractivity contribution is -0.116. The van der Waals surface area contributed by atoms with Crippen LogP contribution in [-0.4, -0.2) is 22.0 Å². The summed E-state index contributed by atoms with van der Waals surface area (Å²) in [6, 6.07) is 16.8. The molecule has 146 valence electrons. The predicted molar refractivity (Wildman–Crippen MR) is 118 cm³/mol. The Balaban J connectivity index is 1.62. The third kappa shape index (κ3) is 5.55. The Morgan fingerprint density at radius 2 is 1.89 bits per heavy atom. The second-order valence-electron chi connectivity index (χ2n) is 6.83. The quantitative estimate of drug-likeness (QED) is 0.365. The van der Waals surface area contributed by atoms with Crippen molar-refractivity contribution >= 4 is 32.9 Å². The Morgan fingerprint density at radius 3 is 2.68 bits per heavy atom. The van der Waals surface area contributed by atoms with Crippen LogP contribution < -0.4 is 5.32 Å². The molecule has 0 saturated heterocycles. The van der Waals surface area contributed by atoms with Crippen molar-refractivity contribution in [3.63, 3.8) is 0 Å². The molecule has 1 aromatic heterocycles. The van der Waals surface area contributed by atoms with Gasteiger partial charge in [-0.25, -0.2) is 4.98 Å². The highest BCUT2D eigenvalue weighted by atomic mass is 79.9. The van der Waals surface area contributed by atoms with Gasteiger partial charge in [0.15, 0.2) is 0 Å². The largest absolute Gasteiger partial charge is 0.353 e. The van der Waals surface area contributed by atoms with Crippen molar-refractivity contribution < 1.29 is 4.79 Å². The summed E-state index contributed by atoms with van der Waals surface area (Å²) in [6.45, 7) is 3.39. The van der Waals surface area contributed by atoms with Gasteiger partial charge in [0.2, 0.25) is 5.91 Å². The van der Waals surface area contributed by atoms with Gasteiger partial charge in [-0.05, 0) is 55.7 Å². The molecule has 0 aliphatic carbocycles. The minimum atomic E-state index is -0.0150. The van der Waals surface area contributed by atoms with E-state index in [0.29, 0.717) is 0 Å². The molecule has 0 bridgehead atoms. The van der Waals surface area contributed by atoms with Gasteiger partial charge in [0.05, 0.1) is 11.0 Å². The molecule has 3 rings (SSSR count). The Kier molecular flexibility index (Phi) is 7.43. The number of nitrogens with one attached hydrogen (secondary N) is 1. The molecule has 0 unspecified atom stereocenters. The van der Waals surface area contributed by atoms with Crippen LogP contribution in [-0.2, 0) is 17.8 Å². The van der Waals surface area contributed by atoms with Gasteiger partial charge in [-0.15, -0.1) is 0 Å². The van der Waals surface area contributed by atoms with E-state index in [4.69, 9.17) is 4.98 Å². The van der Waals surface area contributed by atoms with E-state index in [1.807, 2.05) is 13.0 Å². The second kappa shape index (κ2) is 10.2. The van der Waals surface area contributed by atoms with Crippen molar-refractivity contribution in [3.8, 4) is 0 Å². The number of aryl methyl sites for hydroxylation is 1. The SMILES string of the molecule is C/C=C/C(=O)NCCCCCc1nc2ccccc2n1Cc1ccc(Br)cc1. The summed E-state index contributed by atoms with van der Waals surface area (Å²) in [5.74, 6) is 1.11. The number of para-hydroxylation sites is 2. The van der Waals surface area contributed by atoms with E-state index in [1.54, 1.807) is 12.2 Å². The molecule has 0 spiro atoms. The Hall–Kier alpha value is -2.40. The average Bonchev–Trinajstić information content (AvgIpc) is 3.04. The molecule has 5 heteroatoms.